The number of nitriles is 1. The maximum atomic E-state index is 14.3. The molecule has 4 fully saturated rings. The van der Waals surface area contributed by atoms with Gasteiger partial charge in [-0.2, -0.15) is 23.4 Å². The van der Waals surface area contributed by atoms with Crippen LogP contribution in [0.5, 0.6) is 0 Å². The first-order valence-corrected chi connectivity index (χ1v) is 11.4. The molecular formula is C24H28F4N4O2. The zero-order chi connectivity index (χ0) is 24.9. The second-order valence-corrected chi connectivity index (χ2v) is 10.4. The minimum absolute atomic E-state index is 0.00167. The first-order chi connectivity index (χ1) is 15.8. The number of ether oxygens (including phenoxy) is 1. The van der Waals surface area contributed by atoms with E-state index in [0.29, 0.717) is 24.8 Å². The van der Waals surface area contributed by atoms with E-state index in [2.05, 4.69) is 10.3 Å². The summed E-state index contributed by atoms with van der Waals surface area (Å²) in [6, 6.07) is 2.29. The summed E-state index contributed by atoms with van der Waals surface area (Å²) in [4.78, 5) is 16.1. The Hall–Kier alpha value is -2.67. The third-order valence-corrected chi connectivity index (χ3v) is 7.80. The largest absolute Gasteiger partial charge is 0.416 e. The smallest absolute Gasteiger partial charge is 0.369 e. The van der Waals surface area contributed by atoms with Crippen LogP contribution in [0.3, 0.4) is 0 Å². The van der Waals surface area contributed by atoms with Crippen molar-refractivity contribution in [3.05, 3.63) is 35.1 Å². The summed E-state index contributed by atoms with van der Waals surface area (Å²) in [6.45, 7) is 3.03. The summed E-state index contributed by atoms with van der Waals surface area (Å²) in [6.07, 6.45) is 1.33. The van der Waals surface area contributed by atoms with Crippen LogP contribution >= 0.6 is 0 Å². The maximum absolute atomic E-state index is 14.3. The number of rotatable bonds is 6. The van der Waals surface area contributed by atoms with Gasteiger partial charge in [-0.25, -0.2) is 4.39 Å². The molecule has 5 rings (SSSR count). The Morgan fingerprint density at radius 1 is 1.26 bits per heavy atom. The van der Waals surface area contributed by atoms with Gasteiger partial charge < -0.3 is 15.8 Å². The van der Waals surface area contributed by atoms with Crippen molar-refractivity contribution in [2.24, 2.45) is 33.9 Å². The number of amides is 1. The first kappa shape index (κ1) is 24.5. The summed E-state index contributed by atoms with van der Waals surface area (Å²) in [7, 11) is 0. The third-order valence-electron chi connectivity index (χ3n) is 7.80. The molecule has 0 aromatic heterocycles. The van der Waals surface area contributed by atoms with Gasteiger partial charge >= 0.3 is 6.18 Å². The predicted molar refractivity (Wildman–Crippen MR) is 115 cm³/mol. The topological polar surface area (TPSA) is 100 Å². The van der Waals surface area contributed by atoms with Crippen LogP contribution in [0, 0.1) is 40.4 Å². The van der Waals surface area contributed by atoms with E-state index < -0.39 is 28.6 Å². The van der Waals surface area contributed by atoms with Gasteiger partial charge in [-0.1, -0.05) is 6.07 Å². The number of carbonyl (C=O) groups excluding carboxylic acids is 1. The highest BCUT2D eigenvalue weighted by Crippen LogP contribution is 2.60. The van der Waals surface area contributed by atoms with E-state index in [0.717, 1.165) is 31.4 Å². The van der Waals surface area contributed by atoms with E-state index in [1.807, 2.05) is 0 Å². The van der Waals surface area contributed by atoms with Gasteiger partial charge in [0.15, 0.2) is 0 Å². The highest BCUT2D eigenvalue weighted by atomic mass is 19.4. The average molecular weight is 481 g/mol. The number of hydrogen-bond donors (Lipinski definition) is 2. The Bertz CT molecular complexity index is 1030. The molecule has 0 saturated heterocycles. The number of carbonyl (C=O) groups is 1. The Kier molecular flexibility index (Phi) is 6.13. The van der Waals surface area contributed by atoms with Crippen LogP contribution in [-0.4, -0.2) is 23.4 Å². The molecule has 0 spiro atoms. The van der Waals surface area contributed by atoms with Gasteiger partial charge in [0.25, 0.3) is 0 Å². The number of hydrogen-bond acceptors (Lipinski definition) is 4. The van der Waals surface area contributed by atoms with Gasteiger partial charge in [0.2, 0.25) is 12.1 Å². The molecule has 0 radical (unpaired) electrons. The van der Waals surface area contributed by atoms with E-state index >= 15 is 0 Å². The third kappa shape index (κ3) is 4.50. The molecule has 3 N–H and O–H groups in total. The van der Waals surface area contributed by atoms with Crippen molar-refractivity contribution in [2.75, 3.05) is 0 Å². The summed E-state index contributed by atoms with van der Waals surface area (Å²) in [5, 5.41) is 12.7. The highest BCUT2D eigenvalue weighted by molar-refractivity contribution is 5.91. The summed E-state index contributed by atoms with van der Waals surface area (Å²) in [5.74, 6) is -0.0931. The van der Waals surface area contributed by atoms with E-state index in [-0.39, 0.29) is 41.8 Å². The fraction of sp³-hybridized carbons (Fsp3) is 0.625. The normalized spacial score (nSPS) is 30.8. The molecule has 0 aliphatic heterocycles. The Morgan fingerprint density at radius 3 is 2.44 bits per heavy atom. The van der Waals surface area contributed by atoms with Crippen LogP contribution in [0.2, 0.25) is 0 Å². The first-order valence-electron chi connectivity index (χ1n) is 11.4. The molecule has 4 bridgehead atoms. The van der Waals surface area contributed by atoms with Gasteiger partial charge in [-0.15, -0.1) is 0 Å². The number of primary amides is 1. The van der Waals surface area contributed by atoms with E-state index in [1.54, 1.807) is 20.0 Å². The number of nitrogens with two attached hydrogens (primary N) is 1. The molecule has 184 valence electrons. The van der Waals surface area contributed by atoms with Gasteiger partial charge in [-0.05, 0) is 75.8 Å². The molecule has 4 aliphatic carbocycles. The lowest BCUT2D eigenvalue weighted by Crippen LogP contribution is -2.63. The second-order valence-electron chi connectivity index (χ2n) is 10.4. The van der Waals surface area contributed by atoms with Gasteiger partial charge in [0.05, 0.1) is 12.2 Å². The van der Waals surface area contributed by atoms with Crippen LogP contribution < -0.4 is 11.1 Å². The molecule has 2 atom stereocenters. The Balaban J connectivity index is 1.47. The van der Waals surface area contributed by atoms with Crippen molar-refractivity contribution < 1.29 is 27.1 Å². The number of alkyl halides is 3. The summed E-state index contributed by atoms with van der Waals surface area (Å²) in [5.41, 5.74) is 3.06. The highest BCUT2D eigenvalue weighted by Gasteiger charge is 2.58. The monoisotopic (exact) mass is 480 g/mol. The number of nitrogens with zero attached hydrogens (tertiary/aromatic N) is 2. The minimum atomic E-state index is -4.64. The fourth-order valence-electron chi connectivity index (χ4n) is 6.28. The minimum Gasteiger partial charge on any atom is -0.369 e. The van der Waals surface area contributed by atoms with Crippen molar-refractivity contribution in [3.63, 3.8) is 0 Å². The standard InChI is InChI=1S/C24H28F4N4O2/c1-22(2,34-11-14-3-4-17(7-18(14)25)24(26,27)28)21(31-12-29)32-19-15-5-13-6-16(19)10-23(8-13,9-15)20(30)33/h3-4,7,13,15-16,19H,5-6,8-11H2,1-2H3,(H2,30,33)(H,31,32). The molecule has 2 unspecified atom stereocenters. The van der Waals surface area contributed by atoms with Crippen LogP contribution in [0.1, 0.15) is 57.1 Å². The quantitative estimate of drug-likeness (QED) is 0.275. The summed E-state index contributed by atoms with van der Waals surface area (Å²) >= 11 is 0. The van der Waals surface area contributed by atoms with E-state index in [4.69, 9.17) is 10.5 Å². The SMILES string of the molecule is CC(C)(OCc1ccc(C(F)(F)F)cc1F)/C(=N\C#N)NC1C2CC3CC1CC(C(N)=O)(C3)C2. The lowest BCUT2D eigenvalue weighted by molar-refractivity contribution is -0.145. The van der Waals surface area contributed by atoms with E-state index in [9.17, 15) is 27.6 Å². The molecule has 4 saturated carbocycles. The molecular weight excluding hydrogens is 452 g/mol. The van der Waals surface area contributed by atoms with Crippen molar-refractivity contribution >= 4 is 11.7 Å². The number of halogens is 4. The molecule has 1 aromatic rings. The molecule has 1 amide bonds. The van der Waals surface area contributed by atoms with E-state index in [1.165, 1.54) is 0 Å². The van der Waals surface area contributed by atoms with Crippen molar-refractivity contribution in [1.82, 2.24) is 5.32 Å². The molecule has 10 heteroatoms. The molecule has 4 aliphatic rings. The molecule has 0 heterocycles. The number of amidine groups is 1. The fourth-order valence-corrected chi connectivity index (χ4v) is 6.28. The zero-order valence-corrected chi connectivity index (χ0v) is 19.1. The predicted octanol–water partition coefficient (Wildman–Crippen LogP) is 4.29. The van der Waals surface area contributed by atoms with Crippen LogP contribution in [0.4, 0.5) is 17.6 Å². The molecule has 6 nitrogen and oxygen atoms in total. The van der Waals surface area contributed by atoms with Crippen LogP contribution in [0.25, 0.3) is 0 Å². The number of nitrogens with one attached hydrogen (secondary N) is 1. The van der Waals surface area contributed by atoms with Crippen molar-refractivity contribution in [1.29, 1.82) is 5.26 Å². The lowest BCUT2D eigenvalue weighted by Gasteiger charge is -2.59. The lowest BCUT2D eigenvalue weighted by atomic mass is 9.47. The van der Waals surface area contributed by atoms with Crippen LogP contribution in [-0.2, 0) is 22.3 Å². The van der Waals surface area contributed by atoms with Crippen molar-refractivity contribution in [2.45, 2.75) is 70.4 Å². The second kappa shape index (κ2) is 8.52. The average Bonchev–Trinajstić information content (AvgIpc) is 2.73. The Labute approximate surface area is 195 Å². The zero-order valence-electron chi connectivity index (χ0n) is 19.1. The van der Waals surface area contributed by atoms with Gasteiger partial charge in [0, 0.05) is 17.0 Å². The Morgan fingerprint density at radius 2 is 1.91 bits per heavy atom. The van der Waals surface area contributed by atoms with Gasteiger partial charge in [0.1, 0.15) is 17.3 Å². The number of benzene rings is 1. The molecule has 34 heavy (non-hydrogen) atoms. The number of aliphatic imine (C=N–C) groups is 1. The van der Waals surface area contributed by atoms with Crippen LogP contribution in [0.15, 0.2) is 23.2 Å². The maximum Gasteiger partial charge on any atom is 0.416 e. The van der Waals surface area contributed by atoms with Crippen molar-refractivity contribution in [3.8, 4) is 6.19 Å². The molecule has 1 aromatic carbocycles. The van der Waals surface area contributed by atoms with Gasteiger partial charge in [-0.3, -0.25) is 4.79 Å². The summed E-state index contributed by atoms with van der Waals surface area (Å²) < 4.78 is 58.5.